The van der Waals surface area contributed by atoms with Gasteiger partial charge in [0.25, 0.3) is 5.91 Å². The molecule has 0 radical (unpaired) electrons. The van der Waals surface area contributed by atoms with Crippen molar-refractivity contribution in [3.05, 3.63) is 102 Å². The molecule has 178 valence electrons. The molecule has 0 unspecified atom stereocenters. The number of ether oxygens (including phenoxy) is 1. The van der Waals surface area contributed by atoms with Gasteiger partial charge >= 0.3 is 0 Å². The number of para-hydroxylation sites is 3. The van der Waals surface area contributed by atoms with Crippen molar-refractivity contribution in [2.24, 2.45) is 0 Å². The zero-order valence-corrected chi connectivity index (χ0v) is 20.1. The van der Waals surface area contributed by atoms with Crippen LogP contribution in [-0.4, -0.2) is 35.4 Å². The van der Waals surface area contributed by atoms with E-state index in [0.717, 1.165) is 16.9 Å². The maximum atomic E-state index is 13.4. The largest absolute Gasteiger partial charge is 0.495 e. The highest BCUT2D eigenvalue weighted by molar-refractivity contribution is 7.14. The summed E-state index contributed by atoms with van der Waals surface area (Å²) in [4.78, 5) is 32.1. The lowest BCUT2D eigenvalue weighted by molar-refractivity contribution is -0.116. The van der Waals surface area contributed by atoms with Crippen LogP contribution < -0.4 is 15.4 Å². The van der Waals surface area contributed by atoms with Crippen LogP contribution in [0.25, 0.3) is 0 Å². The Hall–Kier alpha value is -4.17. The zero-order chi connectivity index (χ0) is 24.5. The van der Waals surface area contributed by atoms with E-state index >= 15 is 0 Å². The molecule has 4 rings (SSSR count). The monoisotopic (exact) mass is 486 g/mol. The van der Waals surface area contributed by atoms with Crippen LogP contribution in [0.15, 0.2) is 90.3 Å². The van der Waals surface area contributed by atoms with Crippen LogP contribution in [0.5, 0.6) is 5.75 Å². The number of thiazole rings is 1. The summed E-state index contributed by atoms with van der Waals surface area (Å²) in [5.74, 6) is 0.301. The highest BCUT2D eigenvalue weighted by atomic mass is 32.1. The van der Waals surface area contributed by atoms with Crippen molar-refractivity contribution in [1.82, 2.24) is 9.88 Å². The number of methoxy groups -OCH3 is 1. The van der Waals surface area contributed by atoms with Gasteiger partial charge in [0, 0.05) is 30.6 Å². The van der Waals surface area contributed by atoms with Gasteiger partial charge in [-0.3, -0.25) is 9.59 Å². The SMILES string of the molecule is COc1ccccc1Nc1nc(C(=O)N(CCC(=O)Nc2ccccc2)Cc2ccccc2)cs1. The van der Waals surface area contributed by atoms with Crippen LogP contribution in [0.4, 0.5) is 16.5 Å². The molecule has 2 amide bonds. The van der Waals surface area contributed by atoms with E-state index in [1.807, 2.05) is 84.9 Å². The number of hydrogen-bond acceptors (Lipinski definition) is 6. The third-order valence-corrected chi connectivity index (χ3v) is 6.00. The Kier molecular flexibility index (Phi) is 8.08. The molecular formula is C27H26N4O3S. The Morgan fingerprint density at radius 1 is 0.943 bits per heavy atom. The van der Waals surface area contributed by atoms with Crippen LogP contribution in [0.2, 0.25) is 0 Å². The van der Waals surface area contributed by atoms with E-state index in [-0.39, 0.29) is 24.8 Å². The standard InChI is InChI=1S/C27H26N4O3S/c1-34-24-15-9-8-14-22(24)29-27-30-23(19-35-27)26(33)31(18-20-10-4-2-5-11-20)17-16-25(32)28-21-12-6-3-7-13-21/h2-15,19H,16-18H2,1H3,(H,28,32)(H,29,30). The van der Waals surface area contributed by atoms with E-state index in [4.69, 9.17) is 4.74 Å². The number of nitrogens with zero attached hydrogens (tertiary/aromatic N) is 2. The smallest absolute Gasteiger partial charge is 0.273 e. The summed E-state index contributed by atoms with van der Waals surface area (Å²) >= 11 is 1.34. The first kappa shape index (κ1) is 24.0. The van der Waals surface area contributed by atoms with Crippen molar-refractivity contribution in [2.45, 2.75) is 13.0 Å². The van der Waals surface area contributed by atoms with E-state index in [1.54, 1.807) is 17.4 Å². The first-order chi connectivity index (χ1) is 17.1. The number of amides is 2. The maximum Gasteiger partial charge on any atom is 0.273 e. The van der Waals surface area contributed by atoms with Crippen molar-refractivity contribution in [1.29, 1.82) is 0 Å². The zero-order valence-electron chi connectivity index (χ0n) is 19.3. The summed E-state index contributed by atoms with van der Waals surface area (Å²) in [6, 6.07) is 26.5. The highest BCUT2D eigenvalue weighted by Gasteiger charge is 2.21. The third kappa shape index (κ3) is 6.68. The van der Waals surface area contributed by atoms with Gasteiger partial charge in [0.1, 0.15) is 11.4 Å². The van der Waals surface area contributed by atoms with Gasteiger partial charge in [-0.1, -0.05) is 60.7 Å². The maximum absolute atomic E-state index is 13.4. The lowest BCUT2D eigenvalue weighted by Crippen LogP contribution is -2.33. The molecule has 0 aliphatic rings. The summed E-state index contributed by atoms with van der Waals surface area (Å²) in [5.41, 5.74) is 2.80. The Morgan fingerprint density at radius 3 is 2.37 bits per heavy atom. The minimum Gasteiger partial charge on any atom is -0.495 e. The van der Waals surface area contributed by atoms with E-state index in [2.05, 4.69) is 15.6 Å². The van der Waals surface area contributed by atoms with Crippen LogP contribution in [0, 0.1) is 0 Å². The van der Waals surface area contributed by atoms with E-state index < -0.39 is 0 Å². The van der Waals surface area contributed by atoms with Crippen molar-refractivity contribution in [3.8, 4) is 5.75 Å². The predicted octanol–water partition coefficient (Wildman–Crippen LogP) is 5.57. The molecule has 8 heteroatoms. The van der Waals surface area contributed by atoms with Gasteiger partial charge in [0.05, 0.1) is 12.8 Å². The highest BCUT2D eigenvalue weighted by Crippen LogP contribution is 2.29. The molecule has 0 aliphatic heterocycles. The number of carbonyl (C=O) groups excluding carboxylic acids is 2. The average Bonchev–Trinajstić information content (AvgIpc) is 3.36. The molecule has 0 saturated carbocycles. The molecule has 7 nitrogen and oxygen atoms in total. The van der Waals surface area contributed by atoms with Gasteiger partial charge in [-0.05, 0) is 29.8 Å². The normalized spacial score (nSPS) is 10.4. The van der Waals surface area contributed by atoms with E-state index in [0.29, 0.717) is 23.1 Å². The molecule has 1 heterocycles. The number of rotatable bonds is 10. The molecule has 0 bridgehead atoms. The van der Waals surface area contributed by atoms with Gasteiger partial charge < -0.3 is 20.3 Å². The summed E-state index contributed by atoms with van der Waals surface area (Å²) in [6.07, 6.45) is 0.171. The van der Waals surface area contributed by atoms with Crippen molar-refractivity contribution in [3.63, 3.8) is 0 Å². The molecule has 2 N–H and O–H groups in total. The fraction of sp³-hybridized carbons (Fsp3) is 0.148. The van der Waals surface area contributed by atoms with Crippen LogP contribution >= 0.6 is 11.3 Å². The molecular weight excluding hydrogens is 460 g/mol. The minimum atomic E-state index is -0.231. The van der Waals surface area contributed by atoms with Crippen LogP contribution in [0.1, 0.15) is 22.5 Å². The van der Waals surface area contributed by atoms with Crippen molar-refractivity contribution < 1.29 is 14.3 Å². The summed E-state index contributed by atoms with van der Waals surface area (Å²) in [7, 11) is 1.60. The van der Waals surface area contributed by atoms with Gasteiger partial charge in [-0.25, -0.2) is 4.98 Å². The first-order valence-electron chi connectivity index (χ1n) is 11.2. The van der Waals surface area contributed by atoms with Gasteiger partial charge in [-0.2, -0.15) is 0 Å². The van der Waals surface area contributed by atoms with Crippen LogP contribution in [-0.2, 0) is 11.3 Å². The molecule has 0 atom stereocenters. The Labute approximate surface area is 208 Å². The molecule has 0 fully saturated rings. The van der Waals surface area contributed by atoms with Crippen molar-refractivity contribution in [2.75, 3.05) is 24.3 Å². The summed E-state index contributed by atoms with van der Waals surface area (Å²) < 4.78 is 5.37. The number of aromatic nitrogens is 1. The van der Waals surface area contributed by atoms with E-state index in [1.165, 1.54) is 11.3 Å². The Bertz CT molecular complexity index is 1260. The van der Waals surface area contributed by atoms with Crippen molar-refractivity contribution >= 4 is 39.7 Å². The van der Waals surface area contributed by atoms with Gasteiger partial charge in [0.2, 0.25) is 5.91 Å². The van der Waals surface area contributed by atoms with E-state index in [9.17, 15) is 9.59 Å². The number of hydrogen-bond donors (Lipinski definition) is 2. The summed E-state index contributed by atoms with van der Waals surface area (Å²) in [5, 5.41) is 8.39. The third-order valence-electron chi connectivity index (χ3n) is 5.24. The second kappa shape index (κ2) is 11.8. The molecule has 35 heavy (non-hydrogen) atoms. The number of nitrogens with one attached hydrogen (secondary N) is 2. The summed E-state index contributed by atoms with van der Waals surface area (Å²) in [6.45, 7) is 0.643. The number of benzene rings is 3. The molecule has 3 aromatic carbocycles. The van der Waals surface area contributed by atoms with Gasteiger partial charge in [-0.15, -0.1) is 11.3 Å². The molecule has 0 spiro atoms. The fourth-order valence-electron chi connectivity index (χ4n) is 3.49. The Morgan fingerprint density at radius 2 is 1.63 bits per heavy atom. The second-order valence-electron chi connectivity index (χ2n) is 7.74. The molecule has 0 aliphatic carbocycles. The quantitative estimate of drug-likeness (QED) is 0.306. The average molecular weight is 487 g/mol. The fourth-order valence-corrected chi connectivity index (χ4v) is 4.19. The van der Waals surface area contributed by atoms with Crippen LogP contribution in [0.3, 0.4) is 0 Å². The first-order valence-corrected chi connectivity index (χ1v) is 12.0. The topological polar surface area (TPSA) is 83.6 Å². The lowest BCUT2D eigenvalue weighted by Gasteiger charge is -2.22. The predicted molar refractivity (Wildman–Crippen MR) is 139 cm³/mol. The molecule has 0 saturated heterocycles. The number of anilines is 3. The molecule has 1 aromatic heterocycles. The lowest BCUT2D eigenvalue weighted by atomic mass is 10.2. The minimum absolute atomic E-state index is 0.154. The Balaban J connectivity index is 1.46. The number of carbonyl (C=O) groups is 2. The molecule has 4 aromatic rings. The van der Waals surface area contributed by atoms with Gasteiger partial charge in [0.15, 0.2) is 5.13 Å². The second-order valence-corrected chi connectivity index (χ2v) is 8.60.